The minimum atomic E-state index is 0.481. The minimum Gasteiger partial charge on any atom is -0.310 e. The standard InChI is InChI=1S/C14H16BrClN2S/c1-8(2)17-7-13-9(3)18-14(19-13)10-4-5-12(16)11(15)6-10/h4-6,8,17H,7H2,1-3H3. The van der Waals surface area contributed by atoms with Crippen molar-refractivity contribution in [2.45, 2.75) is 33.4 Å². The smallest absolute Gasteiger partial charge is 0.123 e. The minimum absolute atomic E-state index is 0.481. The molecule has 0 radical (unpaired) electrons. The van der Waals surface area contributed by atoms with Crippen molar-refractivity contribution in [1.29, 1.82) is 0 Å². The molecule has 0 bridgehead atoms. The summed E-state index contributed by atoms with van der Waals surface area (Å²) in [6.45, 7) is 7.22. The SMILES string of the molecule is Cc1nc(-c2ccc(Cl)c(Br)c2)sc1CNC(C)C. The van der Waals surface area contributed by atoms with Crippen molar-refractivity contribution in [3.8, 4) is 10.6 Å². The summed E-state index contributed by atoms with van der Waals surface area (Å²) in [4.78, 5) is 5.93. The van der Waals surface area contributed by atoms with Gasteiger partial charge in [0.15, 0.2) is 0 Å². The summed E-state index contributed by atoms with van der Waals surface area (Å²) in [5.74, 6) is 0. The number of nitrogens with zero attached hydrogens (tertiary/aromatic N) is 1. The summed E-state index contributed by atoms with van der Waals surface area (Å²) in [7, 11) is 0. The lowest BCUT2D eigenvalue weighted by atomic mass is 10.2. The molecule has 1 N–H and O–H groups in total. The Balaban J connectivity index is 2.25. The lowest BCUT2D eigenvalue weighted by Gasteiger charge is -2.05. The van der Waals surface area contributed by atoms with Gasteiger partial charge in [0.1, 0.15) is 5.01 Å². The first-order valence-electron chi connectivity index (χ1n) is 6.12. The Labute approximate surface area is 131 Å². The molecule has 0 aliphatic heterocycles. The molecule has 102 valence electrons. The van der Waals surface area contributed by atoms with Crippen molar-refractivity contribution in [3.63, 3.8) is 0 Å². The van der Waals surface area contributed by atoms with E-state index >= 15 is 0 Å². The molecule has 0 unspecified atom stereocenters. The van der Waals surface area contributed by atoms with Crippen molar-refractivity contribution in [1.82, 2.24) is 10.3 Å². The Hall–Kier alpha value is -0.420. The second-order valence-electron chi connectivity index (χ2n) is 4.69. The van der Waals surface area contributed by atoms with Gasteiger partial charge < -0.3 is 5.32 Å². The second kappa shape index (κ2) is 6.35. The predicted octanol–water partition coefficient (Wildman–Crippen LogP) is 5.03. The fraction of sp³-hybridized carbons (Fsp3) is 0.357. The summed E-state index contributed by atoms with van der Waals surface area (Å²) in [5, 5.41) is 5.19. The lowest BCUT2D eigenvalue weighted by molar-refractivity contribution is 0.591. The number of thiazole rings is 1. The molecule has 0 amide bonds. The van der Waals surface area contributed by atoms with Gasteiger partial charge in [-0.15, -0.1) is 11.3 Å². The number of hydrogen-bond acceptors (Lipinski definition) is 3. The van der Waals surface area contributed by atoms with Crippen LogP contribution in [-0.4, -0.2) is 11.0 Å². The highest BCUT2D eigenvalue weighted by Gasteiger charge is 2.10. The molecule has 19 heavy (non-hydrogen) atoms. The third kappa shape index (κ3) is 3.78. The van der Waals surface area contributed by atoms with Gasteiger partial charge in [0.05, 0.1) is 10.7 Å². The molecule has 2 aromatic rings. The molecule has 0 spiro atoms. The largest absolute Gasteiger partial charge is 0.310 e. The summed E-state index contributed by atoms with van der Waals surface area (Å²) in [6.07, 6.45) is 0. The zero-order chi connectivity index (χ0) is 14.0. The molecule has 5 heteroatoms. The predicted molar refractivity (Wildman–Crippen MR) is 87.0 cm³/mol. The molecule has 0 atom stereocenters. The molecule has 2 nitrogen and oxygen atoms in total. The maximum Gasteiger partial charge on any atom is 0.123 e. The van der Waals surface area contributed by atoms with Crippen LogP contribution in [0, 0.1) is 6.92 Å². The molecule has 0 fully saturated rings. The van der Waals surface area contributed by atoms with Crippen molar-refractivity contribution in [2.75, 3.05) is 0 Å². The summed E-state index contributed by atoms with van der Waals surface area (Å²) < 4.78 is 0.904. The van der Waals surface area contributed by atoms with Gasteiger partial charge in [-0.25, -0.2) is 4.98 Å². The molecule has 0 aliphatic rings. The van der Waals surface area contributed by atoms with Crippen LogP contribution in [0.15, 0.2) is 22.7 Å². The van der Waals surface area contributed by atoms with Crippen LogP contribution in [0.3, 0.4) is 0 Å². The molecule has 1 aromatic carbocycles. The number of benzene rings is 1. The van der Waals surface area contributed by atoms with Crippen LogP contribution in [0.4, 0.5) is 0 Å². The average Bonchev–Trinajstić information content (AvgIpc) is 2.71. The van der Waals surface area contributed by atoms with Crippen LogP contribution < -0.4 is 5.32 Å². The van der Waals surface area contributed by atoms with Crippen LogP contribution in [-0.2, 0) is 6.54 Å². The number of aryl methyl sites for hydroxylation is 1. The van der Waals surface area contributed by atoms with E-state index in [4.69, 9.17) is 11.6 Å². The number of hydrogen-bond donors (Lipinski definition) is 1. The van der Waals surface area contributed by atoms with Crippen LogP contribution in [0.5, 0.6) is 0 Å². The van der Waals surface area contributed by atoms with Crippen molar-refractivity contribution in [2.24, 2.45) is 0 Å². The molecule has 0 saturated carbocycles. The highest BCUT2D eigenvalue weighted by Crippen LogP contribution is 2.32. The normalized spacial score (nSPS) is 11.3. The van der Waals surface area contributed by atoms with E-state index in [-0.39, 0.29) is 0 Å². The highest BCUT2D eigenvalue weighted by atomic mass is 79.9. The molecular formula is C14H16BrClN2S. The van der Waals surface area contributed by atoms with Crippen molar-refractivity contribution >= 4 is 38.9 Å². The molecule has 1 aromatic heterocycles. The van der Waals surface area contributed by atoms with Gasteiger partial charge >= 0.3 is 0 Å². The molecule has 2 rings (SSSR count). The van der Waals surface area contributed by atoms with Gasteiger partial charge in [-0.3, -0.25) is 0 Å². The van der Waals surface area contributed by atoms with E-state index in [1.807, 2.05) is 18.2 Å². The van der Waals surface area contributed by atoms with E-state index in [0.717, 1.165) is 32.3 Å². The summed E-state index contributed by atoms with van der Waals surface area (Å²) >= 11 is 11.2. The highest BCUT2D eigenvalue weighted by molar-refractivity contribution is 9.10. The van der Waals surface area contributed by atoms with E-state index in [9.17, 15) is 0 Å². The summed E-state index contributed by atoms with van der Waals surface area (Å²) in [6, 6.07) is 6.39. The van der Waals surface area contributed by atoms with Gasteiger partial charge in [-0.1, -0.05) is 31.5 Å². The van der Waals surface area contributed by atoms with Gasteiger partial charge in [0, 0.05) is 27.5 Å². The van der Waals surface area contributed by atoms with Crippen molar-refractivity contribution < 1.29 is 0 Å². The fourth-order valence-electron chi connectivity index (χ4n) is 1.64. The zero-order valence-electron chi connectivity index (χ0n) is 11.1. The molecule has 0 aliphatic carbocycles. The number of nitrogens with one attached hydrogen (secondary N) is 1. The Morgan fingerprint density at radius 1 is 1.42 bits per heavy atom. The molecular weight excluding hydrogens is 344 g/mol. The fourth-order valence-corrected chi connectivity index (χ4v) is 3.15. The molecule has 1 heterocycles. The maximum atomic E-state index is 6.02. The van der Waals surface area contributed by atoms with Crippen LogP contribution in [0.25, 0.3) is 10.6 Å². The van der Waals surface area contributed by atoms with Crippen LogP contribution in [0.1, 0.15) is 24.4 Å². The van der Waals surface area contributed by atoms with Crippen molar-refractivity contribution in [3.05, 3.63) is 38.3 Å². The number of rotatable bonds is 4. The van der Waals surface area contributed by atoms with E-state index in [1.165, 1.54) is 4.88 Å². The quantitative estimate of drug-likeness (QED) is 0.828. The first-order valence-corrected chi connectivity index (χ1v) is 8.11. The number of halogens is 2. The Kier molecular flexibility index (Phi) is 5.01. The van der Waals surface area contributed by atoms with Crippen LogP contribution >= 0.6 is 38.9 Å². The Morgan fingerprint density at radius 2 is 2.16 bits per heavy atom. The second-order valence-corrected chi connectivity index (χ2v) is 7.04. The molecule has 0 saturated heterocycles. The first-order chi connectivity index (χ1) is 8.97. The van der Waals surface area contributed by atoms with Gasteiger partial charge in [0.2, 0.25) is 0 Å². The van der Waals surface area contributed by atoms with E-state index in [2.05, 4.69) is 47.0 Å². The Bertz CT molecular complexity index is 581. The average molecular weight is 360 g/mol. The summed E-state index contributed by atoms with van der Waals surface area (Å²) in [5.41, 5.74) is 2.19. The monoisotopic (exact) mass is 358 g/mol. The maximum absolute atomic E-state index is 6.02. The third-order valence-corrected chi connectivity index (χ3v) is 5.15. The van der Waals surface area contributed by atoms with Crippen LogP contribution in [0.2, 0.25) is 5.02 Å². The van der Waals surface area contributed by atoms with E-state index in [0.29, 0.717) is 6.04 Å². The van der Waals surface area contributed by atoms with E-state index < -0.39 is 0 Å². The van der Waals surface area contributed by atoms with Gasteiger partial charge in [-0.05, 0) is 35.0 Å². The number of aromatic nitrogens is 1. The third-order valence-electron chi connectivity index (χ3n) is 2.73. The van der Waals surface area contributed by atoms with Gasteiger partial charge in [0.25, 0.3) is 0 Å². The van der Waals surface area contributed by atoms with Gasteiger partial charge in [-0.2, -0.15) is 0 Å². The lowest BCUT2D eigenvalue weighted by Crippen LogP contribution is -2.21. The first kappa shape index (κ1) is 15.0. The topological polar surface area (TPSA) is 24.9 Å². The Morgan fingerprint density at radius 3 is 2.79 bits per heavy atom. The van der Waals surface area contributed by atoms with E-state index in [1.54, 1.807) is 11.3 Å². The zero-order valence-corrected chi connectivity index (χ0v) is 14.3.